The molecule has 2 aliphatic rings. The molecule has 12 heteroatoms. The fourth-order valence-corrected chi connectivity index (χ4v) is 8.90. The summed E-state index contributed by atoms with van der Waals surface area (Å²) in [6, 6.07) is 25.8. The molecule has 2 aliphatic heterocycles. The average Bonchev–Trinajstić information content (AvgIpc) is 3.51. The molecule has 8 nitrogen and oxygen atoms in total. The van der Waals surface area contributed by atoms with Crippen LogP contribution in [0, 0.1) is 5.92 Å². The summed E-state index contributed by atoms with van der Waals surface area (Å²) in [6.07, 6.45) is 0. The Morgan fingerprint density at radius 3 is 2.48 bits per heavy atom. The maximum atomic E-state index is 14.1. The predicted octanol–water partition coefficient (Wildman–Crippen LogP) is 6.93. The Morgan fingerprint density at radius 2 is 1.66 bits per heavy atom. The Hall–Kier alpha value is -3.71. The third kappa shape index (κ3) is 5.19. The minimum Gasteiger partial charge on any atom is -0.483 e. The summed E-state index contributed by atoms with van der Waals surface area (Å²) in [6.45, 7) is -0.290. The summed E-state index contributed by atoms with van der Waals surface area (Å²) in [7, 11) is 0. The lowest BCUT2D eigenvalue weighted by Crippen LogP contribution is -2.32. The number of fused-ring (bicyclic) bond motifs is 3. The summed E-state index contributed by atoms with van der Waals surface area (Å²) < 4.78 is 7.66. The van der Waals surface area contributed by atoms with E-state index in [1.807, 2.05) is 48.5 Å². The maximum Gasteiger partial charge on any atom is 0.305 e. The Kier molecular flexibility index (Phi) is 7.69. The molecule has 1 fully saturated rings. The number of hydrogen-bond acceptors (Lipinski definition) is 7. The number of imide groups is 1. The molecule has 0 radical (unpaired) electrons. The highest BCUT2D eigenvalue weighted by Crippen LogP contribution is 2.54. The van der Waals surface area contributed by atoms with Crippen LogP contribution in [0.5, 0.6) is 5.75 Å². The van der Waals surface area contributed by atoms with Crippen LogP contribution in [-0.2, 0) is 14.4 Å². The number of benzene rings is 4. The van der Waals surface area contributed by atoms with Gasteiger partial charge in [0.15, 0.2) is 6.61 Å². The molecule has 1 aromatic heterocycles. The molecule has 0 bridgehead atoms. The summed E-state index contributed by atoms with van der Waals surface area (Å²) >= 11 is 9.16. The van der Waals surface area contributed by atoms with Crippen LogP contribution in [0.4, 0.5) is 11.4 Å². The van der Waals surface area contributed by atoms with Crippen LogP contribution in [0.3, 0.4) is 0 Å². The number of halogens is 2. The van der Waals surface area contributed by atoms with Crippen molar-refractivity contribution in [1.29, 1.82) is 0 Å². The minimum atomic E-state index is -0.795. The molecule has 3 heterocycles. The maximum absolute atomic E-state index is 14.1. The first-order valence-electron chi connectivity index (χ1n) is 13.5. The first-order valence-corrected chi connectivity index (χ1v) is 16.8. The molecule has 2 unspecified atom stereocenters. The van der Waals surface area contributed by atoms with Gasteiger partial charge in [-0.1, -0.05) is 91.4 Å². The van der Waals surface area contributed by atoms with E-state index in [9.17, 15) is 19.2 Å². The van der Waals surface area contributed by atoms with E-state index in [1.165, 1.54) is 16.7 Å². The second-order valence-electron chi connectivity index (χ2n) is 10.3. The Bertz CT molecular complexity index is 2020. The second kappa shape index (κ2) is 11.7. The topological polar surface area (TPSA) is 109 Å². The molecule has 5 aromatic rings. The number of rotatable bonds is 6. The monoisotopic (exact) mass is 749 g/mol. The standard InChI is InChI=1S/C32H21Br2N3O5S2/c33-17-8-11-19(12-9-17)37-30(39)26-25(27-29(36-32(41)44-27)43-28(26)31(37)40)21-14-18(34)10-13-23(21)42-15-24(38)35-22-7-3-5-16-4-1-2-6-20(16)22/h1-14,25-26,28H,15H2,(H,35,38)(H,36,41)/t25-,26?,28?/m1/s1. The lowest BCUT2D eigenvalue weighted by Gasteiger charge is -2.31. The van der Waals surface area contributed by atoms with Crippen LogP contribution < -0.4 is 19.8 Å². The fourth-order valence-electron chi connectivity index (χ4n) is 5.75. The number of carbonyl (C=O) groups excluding carboxylic acids is 3. The highest BCUT2D eigenvalue weighted by molar-refractivity contribution is 9.10. The van der Waals surface area contributed by atoms with E-state index < -0.39 is 17.1 Å². The molecule has 4 aromatic carbocycles. The van der Waals surface area contributed by atoms with Gasteiger partial charge in [0.2, 0.25) is 11.8 Å². The molecule has 2 N–H and O–H groups in total. The molecule has 1 saturated heterocycles. The van der Waals surface area contributed by atoms with Crippen molar-refractivity contribution in [2.45, 2.75) is 16.2 Å². The number of hydrogen-bond donors (Lipinski definition) is 2. The van der Waals surface area contributed by atoms with E-state index in [-0.39, 0.29) is 29.2 Å². The van der Waals surface area contributed by atoms with Crippen molar-refractivity contribution >= 4 is 94.8 Å². The zero-order valence-corrected chi connectivity index (χ0v) is 27.4. The summed E-state index contributed by atoms with van der Waals surface area (Å²) in [5.74, 6) is -2.13. The van der Waals surface area contributed by atoms with Gasteiger partial charge >= 0.3 is 4.87 Å². The highest BCUT2D eigenvalue weighted by atomic mass is 79.9. The van der Waals surface area contributed by atoms with Gasteiger partial charge in [-0.2, -0.15) is 0 Å². The van der Waals surface area contributed by atoms with Crippen molar-refractivity contribution < 1.29 is 19.1 Å². The number of aromatic nitrogens is 1. The van der Waals surface area contributed by atoms with Crippen molar-refractivity contribution in [2.24, 2.45) is 5.92 Å². The number of aromatic amines is 1. The first-order chi connectivity index (χ1) is 21.3. The number of H-pyrrole nitrogens is 1. The van der Waals surface area contributed by atoms with E-state index >= 15 is 0 Å². The lowest BCUT2D eigenvalue weighted by atomic mass is 9.82. The molecule has 3 atom stereocenters. The molecule has 44 heavy (non-hydrogen) atoms. The Balaban J connectivity index is 1.23. The second-order valence-corrected chi connectivity index (χ2v) is 14.3. The highest BCUT2D eigenvalue weighted by Gasteiger charge is 2.56. The zero-order valence-electron chi connectivity index (χ0n) is 22.6. The lowest BCUT2D eigenvalue weighted by molar-refractivity contribution is -0.122. The molecule has 0 spiro atoms. The fraction of sp³-hybridized carbons (Fsp3) is 0.125. The van der Waals surface area contributed by atoms with Gasteiger partial charge in [-0.15, -0.1) is 0 Å². The van der Waals surface area contributed by atoms with Gasteiger partial charge in [0, 0.05) is 36.4 Å². The SMILES string of the molecule is O=C(COc1ccc(Br)cc1[C@H]1c2sc(=O)[nH]c2SC2C(=O)N(c3ccc(Br)cc3)C(=O)C21)Nc1cccc2ccccc12. The number of anilines is 2. The van der Waals surface area contributed by atoms with Gasteiger partial charge < -0.3 is 15.0 Å². The molecule has 7 rings (SSSR count). The molecule has 0 aliphatic carbocycles. The van der Waals surface area contributed by atoms with Crippen LogP contribution >= 0.6 is 55.0 Å². The van der Waals surface area contributed by atoms with Gasteiger partial charge in [-0.05, 0) is 53.9 Å². The molecule has 3 amide bonds. The number of nitrogens with one attached hydrogen (secondary N) is 2. The smallest absolute Gasteiger partial charge is 0.305 e. The van der Waals surface area contributed by atoms with E-state index in [4.69, 9.17) is 4.74 Å². The summed E-state index contributed by atoms with van der Waals surface area (Å²) in [4.78, 5) is 57.9. The van der Waals surface area contributed by atoms with Gasteiger partial charge in [0.1, 0.15) is 11.0 Å². The third-order valence-corrected chi connectivity index (χ3v) is 11.1. The van der Waals surface area contributed by atoms with Crippen molar-refractivity contribution in [3.63, 3.8) is 0 Å². The number of thiazole rings is 1. The molecule has 0 saturated carbocycles. The first kappa shape index (κ1) is 29.0. The number of ether oxygens (including phenoxy) is 1. The van der Waals surface area contributed by atoms with E-state index in [0.717, 1.165) is 31.1 Å². The average molecular weight is 751 g/mol. The van der Waals surface area contributed by atoms with Gasteiger partial charge in [0.05, 0.1) is 16.6 Å². The van der Waals surface area contributed by atoms with Crippen molar-refractivity contribution in [1.82, 2.24) is 4.98 Å². The zero-order chi connectivity index (χ0) is 30.5. The predicted molar refractivity (Wildman–Crippen MR) is 179 cm³/mol. The van der Waals surface area contributed by atoms with Crippen LogP contribution in [-0.4, -0.2) is 34.6 Å². The molecular weight excluding hydrogens is 730 g/mol. The van der Waals surface area contributed by atoms with Gasteiger partial charge in [-0.3, -0.25) is 19.2 Å². The number of thioether (sulfide) groups is 1. The quantitative estimate of drug-likeness (QED) is 0.182. The van der Waals surface area contributed by atoms with Crippen LogP contribution in [0.2, 0.25) is 0 Å². The number of nitrogens with zero attached hydrogens (tertiary/aromatic N) is 1. The number of amides is 3. The largest absolute Gasteiger partial charge is 0.483 e. The van der Waals surface area contributed by atoms with Crippen molar-refractivity contribution in [3.05, 3.63) is 114 Å². The van der Waals surface area contributed by atoms with Crippen LogP contribution in [0.15, 0.2) is 104 Å². The minimum absolute atomic E-state index is 0.274. The van der Waals surface area contributed by atoms with Crippen molar-refractivity contribution in [2.75, 3.05) is 16.8 Å². The molecular formula is C32H21Br2N3O5S2. The third-order valence-electron chi connectivity index (χ3n) is 7.64. The van der Waals surface area contributed by atoms with Crippen LogP contribution in [0.25, 0.3) is 10.8 Å². The van der Waals surface area contributed by atoms with Gasteiger partial charge in [-0.25, -0.2) is 4.90 Å². The normalized spacial score (nSPS) is 19.1. The van der Waals surface area contributed by atoms with E-state index in [1.54, 1.807) is 36.4 Å². The summed E-state index contributed by atoms with van der Waals surface area (Å²) in [5.41, 5.74) is 1.75. The van der Waals surface area contributed by atoms with Crippen LogP contribution in [0.1, 0.15) is 16.4 Å². The van der Waals surface area contributed by atoms with E-state index in [2.05, 4.69) is 42.2 Å². The summed E-state index contributed by atoms with van der Waals surface area (Å²) in [5, 5.41) is 4.65. The Morgan fingerprint density at radius 1 is 0.909 bits per heavy atom. The molecule has 220 valence electrons. The van der Waals surface area contributed by atoms with Gasteiger partial charge in [0.25, 0.3) is 5.91 Å². The van der Waals surface area contributed by atoms with E-state index in [0.29, 0.717) is 32.6 Å². The number of carbonyl (C=O) groups is 3. The Labute approximate surface area is 276 Å². The van der Waals surface area contributed by atoms with Crippen molar-refractivity contribution in [3.8, 4) is 5.75 Å².